The predicted molar refractivity (Wildman–Crippen MR) is 105 cm³/mol. The summed E-state index contributed by atoms with van der Waals surface area (Å²) >= 11 is 0. The van der Waals surface area contributed by atoms with Crippen molar-refractivity contribution in [2.45, 2.75) is 77.6 Å². The van der Waals surface area contributed by atoms with Crippen LogP contribution in [0, 0.1) is 11.8 Å². The summed E-state index contributed by atoms with van der Waals surface area (Å²) in [6, 6.07) is 8.70. The minimum absolute atomic E-state index is 0.727. The van der Waals surface area contributed by atoms with E-state index in [9.17, 15) is 0 Å². The van der Waals surface area contributed by atoms with E-state index < -0.39 is 0 Å². The highest BCUT2D eigenvalue weighted by Crippen LogP contribution is 2.34. The summed E-state index contributed by atoms with van der Waals surface area (Å²) in [5.74, 6) is 2.96. The van der Waals surface area contributed by atoms with Gasteiger partial charge in [-0.25, -0.2) is 0 Å². The summed E-state index contributed by atoms with van der Waals surface area (Å²) in [5.41, 5.74) is 1.45. The van der Waals surface area contributed by atoms with Crippen LogP contribution in [0.25, 0.3) is 0 Å². The molecule has 0 atom stereocenters. The average Bonchev–Trinajstić information content (AvgIpc) is 2.63. The van der Waals surface area contributed by atoms with Crippen LogP contribution in [0.3, 0.4) is 0 Å². The van der Waals surface area contributed by atoms with Crippen LogP contribution in [0.2, 0.25) is 0 Å². The highest BCUT2D eigenvalue weighted by molar-refractivity contribution is 5.27. The molecule has 1 nitrogen and oxygen atoms in total. The largest absolute Gasteiger partial charge is 0.493 e. The minimum atomic E-state index is 0.727. The van der Waals surface area contributed by atoms with Crippen molar-refractivity contribution < 1.29 is 4.74 Å². The highest BCUT2D eigenvalue weighted by Gasteiger charge is 2.20. The summed E-state index contributed by atoms with van der Waals surface area (Å²) < 4.78 is 5.68. The van der Waals surface area contributed by atoms with Crippen LogP contribution in [0.5, 0.6) is 5.75 Å². The molecule has 0 heterocycles. The number of hydrogen-bond acceptors (Lipinski definition) is 1. The van der Waals surface area contributed by atoms with Crippen molar-refractivity contribution in [3.8, 4) is 5.75 Å². The van der Waals surface area contributed by atoms with E-state index >= 15 is 0 Å². The number of aryl methyl sites for hydroxylation is 1. The van der Waals surface area contributed by atoms with Crippen molar-refractivity contribution >= 4 is 0 Å². The first-order valence-electron chi connectivity index (χ1n) is 10.1. The molecule has 24 heavy (non-hydrogen) atoms. The fourth-order valence-corrected chi connectivity index (χ4v) is 3.88. The second kappa shape index (κ2) is 11.3. The van der Waals surface area contributed by atoms with Gasteiger partial charge in [-0.05, 0) is 48.8 Å². The molecule has 0 unspecified atom stereocenters. The number of hydrogen-bond donors (Lipinski definition) is 0. The van der Waals surface area contributed by atoms with Crippen LogP contribution in [0.4, 0.5) is 0 Å². The lowest BCUT2D eigenvalue weighted by Gasteiger charge is -2.28. The molecule has 0 spiro atoms. The van der Waals surface area contributed by atoms with Crippen LogP contribution in [-0.2, 0) is 6.42 Å². The van der Waals surface area contributed by atoms with Crippen LogP contribution in [-0.4, -0.2) is 6.61 Å². The molecule has 0 aromatic heterocycles. The number of ether oxygens (including phenoxy) is 1. The molecule has 2 rings (SSSR count). The van der Waals surface area contributed by atoms with Crippen molar-refractivity contribution in [1.82, 2.24) is 0 Å². The first kappa shape index (κ1) is 19.1. The monoisotopic (exact) mass is 328 g/mol. The van der Waals surface area contributed by atoms with E-state index in [0.717, 1.165) is 30.6 Å². The van der Waals surface area contributed by atoms with E-state index in [4.69, 9.17) is 4.74 Å². The Hall–Kier alpha value is -1.24. The number of benzene rings is 1. The molecule has 1 aromatic rings. The van der Waals surface area contributed by atoms with E-state index in [1.807, 2.05) is 6.08 Å². The van der Waals surface area contributed by atoms with Gasteiger partial charge < -0.3 is 4.74 Å². The van der Waals surface area contributed by atoms with E-state index in [2.05, 4.69) is 37.8 Å². The normalized spacial score (nSPS) is 20.7. The molecule has 1 fully saturated rings. The lowest BCUT2D eigenvalue weighted by atomic mass is 9.78. The molecule has 0 N–H and O–H groups in total. The second-order valence-electron chi connectivity index (χ2n) is 7.49. The molecule has 1 aliphatic rings. The maximum atomic E-state index is 5.68. The lowest BCUT2D eigenvalue weighted by molar-refractivity contribution is 0.249. The lowest BCUT2D eigenvalue weighted by Crippen LogP contribution is -2.15. The van der Waals surface area contributed by atoms with E-state index in [0.29, 0.717) is 0 Å². The molecule has 0 aliphatic heterocycles. The van der Waals surface area contributed by atoms with Gasteiger partial charge in [-0.3, -0.25) is 0 Å². The Morgan fingerprint density at radius 1 is 1.00 bits per heavy atom. The molecule has 134 valence electrons. The highest BCUT2D eigenvalue weighted by atomic mass is 16.5. The molecular formula is C23H36O. The Balaban J connectivity index is 1.62. The Bertz CT molecular complexity index is 440. The average molecular weight is 329 g/mol. The first-order valence-corrected chi connectivity index (χ1v) is 10.1. The van der Waals surface area contributed by atoms with Gasteiger partial charge in [0.2, 0.25) is 0 Å². The topological polar surface area (TPSA) is 9.23 Å². The quantitative estimate of drug-likeness (QED) is 0.315. The summed E-state index contributed by atoms with van der Waals surface area (Å²) in [6.45, 7) is 6.75. The van der Waals surface area contributed by atoms with Gasteiger partial charge in [-0.15, -0.1) is 6.58 Å². The summed E-state index contributed by atoms with van der Waals surface area (Å²) in [4.78, 5) is 0. The standard InChI is InChI=1S/C23H36O/c1-3-5-7-8-20-9-11-21(12-10-20)13-14-22-15-17-23(18-16-22)24-19-6-4-2/h4,15-18,20-21H,2-3,5-14,19H2,1H3/t20-,21-. The van der Waals surface area contributed by atoms with Gasteiger partial charge in [-0.1, -0.05) is 76.5 Å². The Morgan fingerprint density at radius 2 is 1.67 bits per heavy atom. The maximum Gasteiger partial charge on any atom is 0.119 e. The summed E-state index contributed by atoms with van der Waals surface area (Å²) in [7, 11) is 0. The summed E-state index contributed by atoms with van der Waals surface area (Å²) in [6.07, 6.45) is 17.0. The van der Waals surface area contributed by atoms with Crippen LogP contribution >= 0.6 is 0 Å². The van der Waals surface area contributed by atoms with Crippen molar-refractivity contribution in [2.24, 2.45) is 11.8 Å². The zero-order valence-corrected chi connectivity index (χ0v) is 15.6. The van der Waals surface area contributed by atoms with Gasteiger partial charge >= 0.3 is 0 Å². The van der Waals surface area contributed by atoms with Gasteiger partial charge in [0.15, 0.2) is 0 Å². The van der Waals surface area contributed by atoms with Crippen molar-refractivity contribution in [3.05, 3.63) is 42.5 Å². The van der Waals surface area contributed by atoms with Crippen molar-refractivity contribution in [3.63, 3.8) is 0 Å². The molecular weight excluding hydrogens is 292 g/mol. The Morgan fingerprint density at radius 3 is 2.29 bits per heavy atom. The Kier molecular flexibility index (Phi) is 9.02. The van der Waals surface area contributed by atoms with Crippen LogP contribution < -0.4 is 4.74 Å². The second-order valence-corrected chi connectivity index (χ2v) is 7.49. The fraction of sp³-hybridized carbons (Fsp3) is 0.652. The maximum absolute atomic E-state index is 5.68. The van der Waals surface area contributed by atoms with Crippen LogP contribution in [0.1, 0.15) is 76.7 Å². The third-order valence-corrected chi connectivity index (χ3v) is 5.54. The zero-order valence-electron chi connectivity index (χ0n) is 15.6. The molecule has 1 aliphatic carbocycles. The molecule has 0 saturated heterocycles. The molecule has 1 aromatic carbocycles. The molecule has 0 bridgehead atoms. The van der Waals surface area contributed by atoms with Gasteiger partial charge in [0.05, 0.1) is 6.61 Å². The van der Waals surface area contributed by atoms with E-state index in [1.54, 1.807) is 0 Å². The van der Waals surface area contributed by atoms with Gasteiger partial charge in [0.25, 0.3) is 0 Å². The summed E-state index contributed by atoms with van der Waals surface area (Å²) in [5, 5.41) is 0. The smallest absolute Gasteiger partial charge is 0.119 e. The number of unbranched alkanes of at least 4 members (excludes halogenated alkanes) is 2. The number of rotatable bonds is 11. The molecule has 1 saturated carbocycles. The van der Waals surface area contributed by atoms with Crippen molar-refractivity contribution in [2.75, 3.05) is 6.61 Å². The van der Waals surface area contributed by atoms with Crippen molar-refractivity contribution in [1.29, 1.82) is 0 Å². The molecule has 0 amide bonds. The van der Waals surface area contributed by atoms with Gasteiger partial charge in [0, 0.05) is 0 Å². The molecule has 0 radical (unpaired) electrons. The third-order valence-electron chi connectivity index (χ3n) is 5.54. The third kappa shape index (κ3) is 7.11. The van der Waals surface area contributed by atoms with E-state index in [-0.39, 0.29) is 0 Å². The predicted octanol–water partition coefficient (Wildman–Crippen LogP) is 6.96. The zero-order chi connectivity index (χ0) is 17.0. The fourth-order valence-electron chi connectivity index (χ4n) is 3.88. The Labute approximate surface area is 149 Å². The minimum Gasteiger partial charge on any atom is -0.493 e. The van der Waals surface area contributed by atoms with Gasteiger partial charge in [-0.2, -0.15) is 0 Å². The van der Waals surface area contributed by atoms with Crippen LogP contribution in [0.15, 0.2) is 36.9 Å². The van der Waals surface area contributed by atoms with Gasteiger partial charge in [0.1, 0.15) is 5.75 Å². The first-order chi connectivity index (χ1) is 11.8. The van der Waals surface area contributed by atoms with E-state index in [1.165, 1.54) is 69.8 Å². The molecule has 1 heteroatoms. The SMILES string of the molecule is C=CCCOc1ccc(CC[C@H]2CC[C@H](CCCCC)CC2)cc1.